The Balaban J connectivity index is 3.66. The second-order valence-corrected chi connectivity index (χ2v) is 5.46. The SMILES string of the molecule is CC(C)CC(C)OCCC(=O)NC(C)CCC(=O)O. The highest BCUT2D eigenvalue weighted by Crippen LogP contribution is 2.07. The van der Waals surface area contributed by atoms with Gasteiger partial charge in [0.25, 0.3) is 0 Å². The summed E-state index contributed by atoms with van der Waals surface area (Å²) in [6.07, 6.45) is 1.99. The van der Waals surface area contributed by atoms with Crippen LogP contribution in [0.2, 0.25) is 0 Å². The van der Waals surface area contributed by atoms with Gasteiger partial charge in [0.05, 0.1) is 12.7 Å². The van der Waals surface area contributed by atoms with E-state index in [1.807, 2.05) is 13.8 Å². The number of carbonyl (C=O) groups is 2. The lowest BCUT2D eigenvalue weighted by Crippen LogP contribution is -2.33. The highest BCUT2D eigenvalue weighted by molar-refractivity contribution is 5.76. The molecule has 0 fully saturated rings. The van der Waals surface area contributed by atoms with Crippen LogP contribution in [0.4, 0.5) is 0 Å². The van der Waals surface area contributed by atoms with Gasteiger partial charge in [0.15, 0.2) is 0 Å². The Morgan fingerprint density at radius 1 is 1.16 bits per heavy atom. The van der Waals surface area contributed by atoms with E-state index in [0.717, 1.165) is 6.42 Å². The number of aliphatic carboxylic acids is 1. The monoisotopic (exact) mass is 273 g/mol. The molecule has 0 saturated carbocycles. The Morgan fingerprint density at radius 2 is 1.79 bits per heavy atom. The number of carboxylic acids is 1. The third kappa shape index (κ3) is 11.7. The third-order valence-corrected chi connectivity index (χ3v) is 2.73. The second-order valence-electron chi connectivity index (χ2n) is 5.46. The Morgan fingerprint density at radius 3 is 2.32 bits per heavy atom. The number of nitrogens with one attached hydrogen (secondary N) is 1. The topological polar surface area (TPSA) is 75.6 Å². The van der Waals surface area contributed by atoms with Crippen molar-refractivity contribution >= 4 is 11.9 Å². The van der Waals surface area contributed by atoms with E-state index in [0.29, 0.717) is 25.4 Å². The first kappa shape index (κ1) is 17.9. The maximum atomic E-state index is 11.6. The molecule has 19 heavy (non-hydrogen) atoms. The number of hydrogen-bond acceptors (Lipinski definition) is 3. The molecule has 1 amide bonds. The molecule has 5 nitrogen and oxygen atoms in total. The fourth-order valence-corrected chi connectivity index (χ4v) is 1.84. The molecule has 0 aromatic carbocycles. The van der Waals surface area contributed by atoms with Crippen LogP contribution in [0.15, 0.2) is 0 Å². The molecule has 0 aromatic heterocycles. The van der Waals surface area contributed by atoms with Crippen LogP contribution in [0.1, 0.15) is 53.4 Å². The van der Waals surface area contributed by atoms with Crippen molar-refractivity contribution < 1.29 is 19.4 Å². The molecule has 2 N–H and O–H groups in total. The van der Waals surface area contributed by atoms with Gasteiger partial charge >= 0.3 is 5.97 Å². The first-order chi connectivity index (χ1) is 8.81. The highest BCUT2D eigenvalue weighted by atomic mass is 16.5. The lowest BCUT2D eigenvalue weighted by molar-refractivity contribution is -0.137. The maximum Gasteiger partial charge on any atom is 0.303 e. The normalized spacial score (nSPS) is 14.2. The van der Waals surface area contributed by atoms with Crippen molar-refractivity contribution in [2.24, 2.45) is 5.92 Å². The molecule has 0 saturated heterocycles. The van der Waals surface area contributed by atoms with Crippen LogP contribution in [-0.2, 0) is 14.3 Å². The Kier molecular flexibility index (Phi) is 9.21. The molecule has 0 bridgehead atoms. The Bertz CT molecular complexity index is 279. The quantitative estimate of drug-likeness (QED) is 0.640. The van der Waals surface area contributed by atoms with Gasteiger partial charge in [-0.2, -0.15) is 0 Å². The zero-order valence-electron chi connectivity index (χ0n) is 12.4. The van der Waals surface area contributed by atoms with Gasteiger partial charge in [0.1, 0.15) is 0 Å². The van der Waals surface area contributed by atoms with E-state index < -0.39 is 5.97 Å². The predicted molar refractivity (Wildman–Crippen MR) is 74.0 cm³/mol. The van der Waals surface area contributed by atoms with E-state index in [1.165, 1.54) is 0 Å². The summed E-state index contributed by atoms with van der Waals surface area (Å²) < 4.78 is 5.55. The van der Waals surface area contributed by atoms with Crippen molar-refractivity contribution in [2.45, 2.75) is 65.5 Å². The average Bonchev–Trinajstić information content (AvgIpc) is 2.25. The average molecular weight is 273 g/mol. The summed E-state index contributed by atoms with van der Waals surface area (Å²) in [5.74, 6) is -0.346. The van der Waals surface area contributed by atoms with E-state index >= 15 is 0 Å². The number of ether oxygens (including phenoxy) is 1. The van der Waals surface area contributed by atoms with Gasteiger partial charge in [0, 0.05) is 18.9 Å². The van der Waals surface area contributed by atoms with Crippen molar-refractivity contribution in [3.05, 3.63) is 0 Å². The van der Waals surface area contributed by atoms with E-state index in [-0.39, 0.29) is 24.5 Å². The third-order valence-electron chi connectivity index (χ3n) is 2.73. The molecular formula is C14H27NO4. The summed E-state index contributed by atoms with van der Waals surface area (Å²) in [6, 6.07) is -0.114. The van der Waals surface area contributed by atoms with Crippen LogP contribution < -0.4 is 5.32 Å². The van der Waals surface area contributed by atoms with Gasteiger partial charge in [-0.25, -0.2) is 0 Å². The van der Waals surface area contributed by atoms with Crippen molar-refractivity contribution in [1.82, 2.24) is 5.32 Å². The summed E-state index contributed by atoms with van der Waals surface area (Å²) in [6.45, 7) is 8.50. The van der Waals surface area contributed by atoms with Crippen molar-refractivity contribution in [1.29, 1.82) is 0 Å². The van der Waals surface area contributed by atoms with Crippen molar-refractivity contribution in [3.8, 4) is 0 Å². The van der Waals surface area contributed by atoms with Gasteiger partial charge in [-0.3, -0.25) is 9.59 Å². The van der Waals surface area contributed by atoms with Gasteiger partial charge in [-0.05, 0) is 32.6 Å². The lowest BCUT2D eigenvalue weighted by Gasteiger charge is -2.16. The number of hydrogen-bond donors (Lipinski definition) is 2. The summed E-state index contributed by atoms with van der Waals surface area (Å²) >= 11 is 0. The minimum Gasteiger partial charge on any atom is -0.481 e. The molecule has 0 aliphatic rings. The number of carbonyl (C=O) groups excluding carboxylic acids is 1. The summed E-state index contributed by atoms with van der Waals surface area (Å²) in [5, 5.41) is 11.3. The smallest absolute Gasteiger partial charge is 0.303 e. The maximum absolute atomic E-state index is 11.6. The molecule has 0 rings (SSSR count). The van der Waals surface area contributed by atoms with Crippen LogP contribution in [0.5, 0.6) is 0 Å². The molecule has 0 aromatic rings. The van der Waals surface area contributed by atoms with E-state index in [2.05, 4.69) is 19.2 Å². The van der Waals surface area contributed by atoms with Crippen LogP contribution in [0.25, 0.3) is 0 Å². The van der Waals surface area contributed by atoms with Gasteiger partial charge in [-0.1, -0.05) is 13.8 Å². The fourth-order valence-electron chi connectivity index (χ4n) is 1.84. The van der Waals surface area contributed by atoms with Crippen molar-refractivity contribution in [2.75, 3.05) is 6.61 Å². The Labute approximate surface area is 115 Å². The van der Waals surface area contributed by atoms with Gasteiger partial charge in [0.2, 0.25) is 5.91 Å². The minimum absolute atomic E-state index is 0.0728. The van der Waals surface area contributed by atoms with E-state index in [1.54, 1.807) is 0 Å². The lowest BCUT2D eigenvalue weighted by atomic mass is 10.1. The molecule has 0 aliphatic heterocycles. The number of amides is 1. The minimum atomic E-state index is -0.841. The summed E-state index contributed by atoms with van der Waals surface area (Å²) in [7, 11) is 0. The standard InChI is InChI=1S/C14H27NO4/c1-10(2)9-12(4)19-8-7-13(16)15-11(3)5-6-14(17)18/h10-12H,5-9H2,1-4H3,(H,15,16)(H,17,18). The zero-order valence-corrected chi connectivity index (χ0v) is 12.4. The van der Waals surface area contributed by atoms with Gasteiger partial charge in [-0.15, -0.1) is 0 Å². The second kappa shape index (κ2) is 9.78. The first-order valence-corrected chi connectivity index (χ1v) is 6.94. The molecule has 112 valence electrons. The number of rotatable bonds is 10. The molecule has 0 spiro atoms. The number of carboxylic acid groups (broad SMARTS) is 1. The first-order valence-electron chi connectivity index (χ1n) is 6.94. The fraction of sp³-hybridized carbons (Fsp3) is 0.857. The van der Waals surface area contributed by atoms with Gasteiger partial charge < -0.3 is 15.2 Å². The van der Waals surface area contributed by atoms with E-state index in [9.17, 15) is 9.59 Å². The van der Waals surface area contributed by atoms with Crippen LogP contribution >= 0.6 is 0 Å². The zero-order chi connectivity index (χ0) is 14.8. The highest BCUT2D eigenvalue weighted by Gasteiger charge is 2.10. The molecule has 5 heteroatoms. The predicted octanol–water partition coefficient (Wildman–Crippen LogP) is 2.20. The van der Waals surface area contributed by atoms with E-state index in [4.69, 9.17) is 9.84 Å². The molecule has 2 atom stereocenters. The van der Waals surface area contributed by atoms with Crippen LogP contribution in [-0.4, -0.2) is 35.7 Å². The molecule has 0 aliphatic carbocycles. The molecule has 0 radical (unpaired) electrons. The molecular weight excluding hydrogens is 246 g/mol. The van der Waals surface area contributed by atoms with Crippen molar-refractivity contribution in [3.63, 3.8) is 0 Å². The largest absolute Gasteiger partial charge is 0.481 e. The summed E-state index contributed by atoms with van der Waals surface area (Å²) in [4.78, 5) is 22.0. The molecule has 0 heterocycles. The Hall–Kier alpha value is -1.10. The molecule has 2 unspecified atom stereocenters. The summed E-state index contributed by atoms with van der Waals surface area (Å²) in [5.41, 5.74) is 0. The van der Waals surface area contributed by atoms with Crippen LogP contribution in [0, 0.1) is 5.92 Å². The van der Waals surface area contributed by atoms with Crippen LogP contribution in [0.3, 0.4) is 0 Å².